The molecule has 2 heterocycles. The van der Waals surface area contributed by atoms with Crippen LogP contribution in [0, 0.1) is 0 Å². The summed E-state index contributed by atoms with van der Waals surface area (Å²) in [6, 6.07) is 57.5. The summed E-state index contributed by atoms with van der Waals surface area (Å²) in [5.41, 5.74) is 14.9. The van der Waals surface area contributed by atoms with Gasteiger partial charge in [0.2, 0.25) is 0 Å². The molecule has 282 valence electrons. The molecule has 7 aromatic carbocycles. The first-order chi connectivity index (χ1) is 29.0. The maximum absolute atomic E-state index is 6.72. The lowest BCUT2D eigenvalue weighted by Gasteiger charge is -2.28. The van der Waals surface area contributed by atoms with Crippen LogP contribution in [0.25, 0.3) is 78.4 Å². The van der Waals surface area contributed by atoms with E-state index in [-0.39, 0.29) is 5.41 Å². The molecule has 0 spiro atoms. The molecule has 2 aromatic heterocycles. The van der Waals surface area contributed by atoms with Crippen molar-refractivity contribution in [2.75, 3.05) is 4.90 Å². The predicted molar refractivity (Wildman–Crippen MR) is 241 cm³/mol. The number of fused-ring (bicyclic) bond motifs is 6. The van der Waals surface area contributed by atoms with Gasteiger partial charge in [0.15, 0.2) is 17.5 Å². The number of aromatic nitrogens is 3. The second kappa shape index (κ2) is 13.9. The summed E-state index contributed by atoms with van der Waals surface area (Å²) >= 11 is 0. The number of anilines is 2. The summed E-state index contributed by atoms with van der Waals surface area (Å²) in [4.78, 5) is 17.9. The molecule has 0 bridgehead atoms. The average Bonchev–Trinajstić information content (AvgIpc) is 3.79. The van der Waals surface area contributed by atoms with Crippen LogP contribution in [-0.4, -0.2) is 15.0 Å². The number of rotatable bonds is 7. The zero-order chi connectivity index (χ0) is 39.5. The van der Waals surface area contributed by atoms with Crippen molar-refractivity contribution in [2.45, 2.75) is 32.1 Å². The largest absolute Gasteiger partial charge is 0.456 e. The summed E-state index contributed by atoms with van der Waals surface area (Å²) in [5, 5.41) is 2.09. The van der Waals surface area contributed by atoms with E-state index in [1.807, 2.05) is 18.2 Å². The van der Waals surface area contributed by atoms with E-state index in [9.17, 15) is 0 Å². The van der Waals surface area contributed by atoms with Gasteiger partial charge in [0, 0.05) is 38.9 Å². The minimum Gasteiger partial charge on any atom is -0.456 e. The van der Waals surface area contributed by atoms with Crippen LogP contribution in [0.15, 0.2) is 192 Å². The van der Waals surface area contributed by atoms with Gasteiger partial charge in [0.1, 0.15) is 11.2 Å². The molecule has 0 atom stereocenters. The Bertz CT molecular complexity index is 3120. The van der Waals surface area contributed by atoms with E-state index >= 15 is 0 Å². The van der Waals surface area contributed by atoms with E-state index < -0.39 is 0 Å². The van der Waals surface area contributed by atoms with Gasteiger partial charge in [-0.15, -0.1) is 0 Å². The van der Waals surface area contributed by atoms with Crippen LogP contribution in [0.3, 0.4) is 0 Å². The normalized spacial score (nSPS) is 14.0. The zero-order valence-electron chi connectivity index (χ0n) is 32.9. The molecule has 5 heteroatoms. The minimum absolute atomic E-state index is 0.143. The zero-order valence-corrected chi connectivity index (χ0v) is 32.9. The minimum atomic E-state index is -0.143. The smallest absolute Gasteiger partial charge is 0.164 e. The Labute approximate surface area is 343 Å². The fourth-order valence-corrected chi connectivity index (χ4v) is 9.04. The second-order valence-electron chi connectivity index (χ2n) is 15.9. The van der Waals surface area contributed by atoms with Crippen LogP contribution in [0.2, 0.25) is 0 Å². The number of nitrogens with zero attached hydrogens (tertiary/aromatic N) is 4. The molecule has 2 aliphatic rings. The number of allylic oxidation sites excluding steroid dienone is 3. The number of hydrogen-bond acceptors (Lipinski definition) is 5. The Morgan fingerprint density at radius 3 is 1.95 bits per heavy atom. The third kappa shape index (κ3) is 5.89. The third-order valence-corrected chi connectivity index (χ3v) is 12.0. The second-order valence-corrected chi connectivity index (χ2v) is 15.9. The van der Waals surface area contributed by atoms with Crippen molar-refractivity contribution < 1.29 is 4.42 Å². The van der Waals surface area contributed by atoms with Crippen LogP contribution in [0.5, 0.6) is 0 Å². The molecule has 59 heavy (non-hydrogen) atoms. The Kier molecular flexibility index (Phi) is 8.22. The van der Waals surface area contributed by atoms with Crippen LogP contribution < -0.4 is 4.90 Å². The van der Waals surface area contributed by atoms with Crippen LogP contribution in [0.4, 0.5) is 11.4 Å². The fraction of sp³-hybridized carbons (Fsp3) is 0.0926. The van der Waals surface area contributed by atoms with Crippen molar-refractivity contribution in [3.8, 4) is 56.4 Å². The fourth-order valence-electron chi connectivity index (χ4n) is 9.04. The Morgan fingerprint density at radius 2 is 1.17 bits per heavy atom. The quantitative estimate of drug-likeness (QED) is 0.162. The van der Waals surface area contributed by atoms with Gasteiger partial charge < -0.3 is 9.32 Å². The SMILES string of the molecule is CC1(C)c2ccccc2-c2c(-c3nc(-c4ccccc4)nc(-c4ccc5c(c4)oc4cccc(N(C6=CCCC=C6)c6ccc(-c7ccccc7)cc6)c45)n3)cccc21. The van der Waals surface area contributed by atoms with Crippen LogP contribution in [0.1, 0.15) is 37.8 Å². The van der Waals surface area contributed by atoms with E-state index in [1.54, 1.807) is 0 Å². The number of benzene rings is 7. The molecule has 0 unspecified atom stereocenters. The standard InChI is InChI=1S/C54H40N4O/c1-54(2)44-24-13-12-22-41(44)49-43(23-14-25-45(49)54)53-56-51(37-18-8-4-9-19-37)55-52(57-53)38-30-33-42-48(34-38)59-47-27-15-26-46(50(42)47)58(39-20-10-5-11-21-39)40-31-28-36(29-32-40)35-16-6-3-7-17-35/h3-4,6-10,12-34H,5,11H2,1-2H3. The van der Waals surface area contributed by atoms with Crippen molar-refractivity contribution in [1.82, 2.24) is 15.0 Å². The van der Waals surface area contributed by atoms with Gasteiger partial charge in [0.05, 0.1) is 11.1 Å². The van der Waals surface area contributed by atoms with Gasteiger partial charge in [-0.25, -0.2) is 15.0 Å². The van der Waals surface area contributed by atoms with Gasteiger partial charge in [-0.05, 0) is 88.7 Å². The Morgan fingerprint density at radius 1 is 0.525 bits per heavy atom. The van der Waals surface area contributed by atoms with Crippen LogP contribution in [-0.2, 0) is 5.41 Å². The topological polar surface area (TPSA) is 55.1 Å². The van der Waals surface area contributed by atoms with E-state index in [0.717, 1.165) is 68.5 Å². The summed E-state index contributed by atoms with van der Waals surface area (Å²) in [6.07, 6.45) is 8.85. The van der Waals surface area contributed by atoms with E-state index in [4.69, 9.17) is 19.4 Å². The van der Waals surface area contributed by atoms with Gasteiger partial charge >= 0.3 is 0 Å². The monoisotopic (exact) mass is 760 g/mol. The maximum Gasteiger partial charge on any atom is 0.164 e. The van der Waals surface area contributed by atoms with E-state index in [0.29, 0.717) is 17.5 Å². The molecule has 0 saturated carbocycles. The third-order valence-electron chi connectivity index (χ3n) is 12.0. The summed E-state index contributed by atoms with van der Waals surface area (Å²) in [6.45, 7) is 4.60. The molecular weight excluding hydrogens is 721 g/mol. The molecule has 11 rings (SSSR count). The highest BCUT2D eigenvalue weighted by atomic mass is 16.3. The molecule has 0 aliphatic heterocycles. The number of furan rings is 1. The molecule has 0 amide bonds. The lowest BCUT2D eigenvalue weighted by atomic mass is 9.82. The summed E-state index contributed by atoms with van der Waals surface area (Å²) < 4.78 is 6.72. The first kappa shape index (κ1) is 34.8. The average molecular weight is 761 g/mol. The lowest BCUT2D eigenvalue weighted by molar-refractivity contribution is 0.660. The highest BCUT2D eigenvalue weighted by Crippen LogP contribution is 2.52. The summed E-state index contributed by atoms with van der Waals surface area (Å²) in [5.74, 6) is 1.87. The molecule has 0 N–H and O–H groups in total. The van der Waals surface area contributed by atoms with E-state index in [2.05, 4.69) is 183 Å². The maximum atomic E-state index is 6.72. The summed E-state index contributed by atoms with van der Waals surface area (Å²) in [7, 11) is 0. The molecule has 9 aromatic rings. The van der Waals surface area contributed by atoms with Crippen LogP contribution >= 0.6 is 0 Å². The number of hydrogen-bond donors (Lipinski definition) is 0. The Balaban J connectivity index is 1.06. The molecular formula is C54H40N4O. The molecule has 0 radical (unpaired) electrons. The van der Waals surface area contributed by atoms with E-state index in [1.165, 1.54) is 33.4 Å². The Hall–Kier alpha value is -7.37. The van der Waals surface area contributed by atoms with Crippen molar-refractivity contribution >= 4 is 33.3 Å². The molecule has 5 nitrogen and oxygen atoms in total. The van der Waals surface area contributed by atoms with Gasteiger partial charge in [-0.2, -0.15) is 0 Å². The highest BCUT2D eigenvalue weighted by molar-refractivity contribution is 6.13. The first-order valence-corrected chi connectivity index (χ1v) is 20.3. The van der Waals surface area contributed by atoms with Crippen molar-refractivity contribution in [3.63, 3.8) is 0 Å². The predicted octanol–water partition coefficient (Wildman–Crippen LogP) is 14.1. The molecule has 0 fully saturated rings. The van der Waals surface area contributed by atoms with Crippen molar-refractivity contribution in [2.24, 2.45) is 0 Å². The molecule has 0 saturated heterocycles. The molecule has 2 aliphatic carbocycles. The van der Waals surface area contributed by atoms with Crippen molar-refractivity contribution in [1.29, 1.82) is 0 Å². The van der Waals surface area contributed by atoms with Gasteiger partial charge in [0.25, 0.3) is 0 Å². The van der Waals surface area contributed by atoms with Gasteiger partial charge in [-0.1, -0.05) is 153 Å². The lowest BCUT2D eigenvalue weighted by Crippen LogP contribution is -2.16. The first-order valence-electron chi connectivity index (χ1n) is 20.3. The van der Waals surface area contributed by atoms with Gasteiger partial charge in [-0.3, -0.25) is 0 Å². The van der Waals surface area contributed by atoms with Crippen molar-refractivity contribution in [3.05, 3.63) is 199 Å². The highest BCUT2D eigenvalue weighted by Gasteiger charge is 2.37.